The molecule has 0 saturated carbocycles. The predicted molar refractivity (Wildman–Crippen MR) is 103 cm³/mol. The summed E-state index contributed by atoms with van der Waals surface area (Å²) in [5, 5.41) is 5.05. The number of aromatic nitrogens is 2. The van der Waals surface area contributed by atoms with Crippen molar-refractivity contribution in [1.29, 1.82) is 0 Å². The van der Waals surface area contributed by atoms with Gasteiger partial charge in [-0.15, -0.1) is 0 Å². The lowest BCUT2D eigenvalue weighted by Crippen LogP contribution is -2.49. The smallest absolute Gasteiger partial charge is 0.272 e. The van der Waals surface area contributed by atoms with Gasteiger partial charge < -0.3 is 9.80 Å². The van der Waals surface area contributed by atoms with Gasteiger partial charge in [0.05, 0.1) is 11.9 Å². The van der Waals surface area contributed by atoms with Crippen LogP contribution in [0.2, 0.25) is 5.02 Å². The fraction of sp³-hybridized carbons (Fsp3) is 0.200. The highest BCUT2D eigenvalue weighted by molar-refractivity contribution is 6.30. The molecule has 1 aromatic heterocycles. The van der Waals surface area contributed by atoms with Crippen LogP contribution in [-0.4, -0.2) is 46.8 Å². The zero-order valence-corrected chi connectivity index (χ0v) is 15.0. The Morgan fingerprint density at radius 3 is 2.35 bits per heavy atom. The number of amides is 1. The molecule has 4 rings (SSSR count). The third-order valence-electron chi connectivity index (χ3n) is 4.60. The molecule has 0 radical (unpaired) electrons. The van der Waals surface area contributed by atoms with Crippen LogP contribution in [0.1, 0.15) is 10.5 Å². The van der Waals surface area contributed by atoms with E-state index in [1.54, 1.807) is 16.9 Å². The largest absolute Gasteiger partial charge is 0.368 e. The molecule has 2 aromatic carbocycles. The first-order valence-electron chi connectivity index (χ1n) is 8.61. The van der Waals surface area contributed by atoms with E-state index in [0.717, 1.165) is 29.5 Å². The van der Waals surface area contributed by atoms with Crippen LogP contribution in [0, 0.1) is 0 Å². The summed E-state index contributed by atoms with van der Waals surface area (Å²) in [6, 6.07) is 19.3. The van der Waals surface area contributed by atoms with Gasteiger partial charge in [-0.2, -0.15) is 5.10 Å². The van der Waals surface area contributed by atoms with E-state index in [1.165, 1.54) is 0 Å². The van der Waals surface area contributed by atoms with Gasteiger partial charge in [0.2, 0.25) is 0 Å². The van der Waals surface area contributed by atoms with E-state index in [4.69, 9.17) is 11.6 Å². The SMILES string of the molecule is O=C(c1ccnn1-c1ccccc1)N1CCN(c2cccc(Cl)c2)CC1. The first-order valence-corrected chi connectivity index (χ1v) is 8.99. The highest BCUT2D eigenvalue weighted by atomic mass is 35.5. The maximum atomic E-state index is 13.0. The monoisotopic (exact) mass is 366 g/mol. The van der Waals surface area contributed by atoms with Crippen molar-refractivity contribution in [3.63, 3.8) is 0 Å². The first-order chi connectivity index (χ1) is 12.7. The van der Waals surface area contributed by atoms with Crippen LogP contribution in [-0.2, 0) is 0 Å². The molecule has 26 heavy (non-hydrogen) atoms. The molecule has 5 nitrogen and oxygen atoms in total. The average molecular weight is 367 g/mol. The highest BCUT2D eigenvalue weighted by Gasteiger charge is 2.25. The molecule has 3 aromatic rings. The van der Waals surface area contributed by atoms with Gasteiger partial charge in [0, 0.05) is 36.9 Å². The number of hydrogen-bond donors (Lipinski definition) is 0. The van der Waals surface area contributed by atoms with Gasteiger partial charge in [-0.05, 0) is 36.4 Å². The van der Waals surface area contributed by atoms with E-state index in [1.807, 2.05) is 59.5 Å². The molecule has 0 bridgehead atoms. The van der Waals surface area contributed by atoms with Crippen molar-refractivity contribution in [3.8, 4) is 5.69 Å². The molecule has 6 heteroatoms. The topological polar surface area (TPSA) is 41.4 Å². The Bertz CT molecular complexity index is 901. The Morgan fingerprint density at radius 2 is 1.62 bits per heavy atom. The maximum Gasteiger partial charge on any atom is 0.272 e. The normalized spacial score (nSPS) is 14.5. The van der Waals surface area contributed by atoms with Crippen molar-refractivity contribution in [2.75, 3.05) is 31.1 Å². The quantitative estimate of drug-likeness (QED) is 0.712. The lowest BCUT2D eigenvalue weighted by atomic mass is 10.2. The van der Waals surface area contributed by atoms with Crippen molar-refractivity contribution < 1.29 is 4.79 Å². The molecular formula is C20H19ClN4O. The number of nitrogens with zero attached hydrogens (tertiary/aromatic N) is 4. The Kier molecular flexibility index (Phi) is 4.63. The highest BCUT2D eigenvalue weighted by Crippen LogP contribution is 2.21. The second-order valence-corrected chi connectivity index (χ2v) is 6.66. The minimum absolute atomic E-state index is 0.0112. The molecule has 1 saturated heterocycles. The van der Waals surface area contributed by atoms with E-state index < -0.39 is 0 Å². The van der Waals surface area contributed by atoms with Gasteiger partial charge in [-0.25, -0.2) is 4.68 Å². The number of benzene rings is 2. The molecule has 0 spiro atoms. The van der Waals surface area contributed by atoms with E-state index >= 15 is 0 Å². The second kappa shape index (κ2) is 7.22. The molecule has 2 heterocycles. The molecule has 0 aliphatic carbocycles. The van der Waals surface area contributed by atoms with Crippen LogP contribution in [0.25, 0.3) is 5.69 Å². The first kappa shape index (κ1) is 16.7. The molecule has 0 unspecified atom stereocenters. The van der Waals surface area contributed by atoms with E-state index in [9.17, 15) is 4.79 Å². The van der Waals surface area contributed by atoms with E-state index in [0.29, 0.717) is 18.8 Å². The van der Waals surface area contributed by atoms with Crippen molar-refractivity contribution >= 4 is 23.2 Å². The molecule has 132 valence electrons. The maximum absolute atomic E-state index is 13.0. The Balaban J connectivity index is 1.47. The number of carbonyl (C=O) groups is 1. The van der Waals surface area contributed by atoms with Crippen LogP contribution in [0.15, 0.2) is 66.9 Å². The van der Waals surface area contributed by atoms with Gasteiger partial charge in [0.1, 0.15) is 5.69 Å². The Morgan fingerprint density at radius 1 is 0.885 bits per heavy atom. The van der Waals surface area contributed by atoms with Gasteiger partial charge in [0.15, 0.2) is 0 Å². The number of hydrogen-bond acceptors (Lipinski definition) is 3. The summed E-state index contributed by atoms with van der Waals surface area (Å²) in [5.74, 6) is 0.0112. The summed E-state index contributed by atoms with van der Waals surface area (Å²) in [7, 11) is 0. The van der Waals surface area contributed by atoms with Gasteiger partial charge in [-0.3, -0.25) is 4.79 Å². The zero-order chi connectivity index (χ0) is 17.9. The minimum atomic E-state index is 0.0112. The molecule has 1 amide bonds. The third-order valence-corrected chi connectivity index (χ3v) is 4.84. The van der Waals surface area contributed by atoms with Gasteiger partial charge >= 0.3 is 0 Å². The van der Waals surface area contributed by atoms with Crippen molar-refractivity contribution in [1.82, 2.24) is 14.7 Å². The Hall–Kier alpha value is -2.79. The van der Waals surface area contributed by atoms with E-state index in [2.05, 4.69) is 10.00 Å². The molecule has 1 fully saturated rings. The van der Waals surface area contributed by atoms with Crippen LogP contribution in [0.3, 0.4) is 0 Å². The number of carbonyl (C=O) groups excluding carboxylic acids is 1. The third kappa shape index (κ3) is 3.30. The summed E-state index contributed by atoms with van der Waals surface area (Å²) in [6.07, 6.45) is 1.67. The van der Waals surface area contributed by atoms with Crippen molar-refractivity contribution in [3.05, 3.63) is 77.6 Å². The molecule has 1 aliphatic heterocycles. The summed E-state index contributed by atoms with van der Waals surface area (Å²) >= 11 is 6.09. The van der Waals surface area contributed by atoms with Crippen molar-refractivity contribution in [2.24, 2.45) is 0 Å². The summed E-state index contributed by atoms with van der Waals surface area (Å²) in [5.41, 5.74) is 2.57. The average Bonchev–Trinajstić information content (AvgIpc) is 3.18. The van der Waals surface area contributed by atoms with Crippen molar-refractivity contribution in [2.45, 2.75) is 0 Å². The van der Waals surface area contributed by atoms with E-state index in [-0.39, 0.29) is 5.91 Å². The predicted octanol–water partition coefficient (Wildman–Crippen LogP) is 3.49. The standard InChI is InChI=1S/C20H19ClN4O/c21-16-5-4-8-18(15-16)23-11-13-24(14-12-23)20(26)19-9-10-22-25(19)17-6-2-1-3-7-17/h1-10,15H,11-14H2. The van der Waals surface area contributed by atoms with Crippen LogP contribution in [0.4, 0.5) is 5.69 Å². The summed E-state index contributed by atoms with van der Waals surface area (Å²) in [4.78, 5) is 17.1. The molecule has 1 aliphatic rings. The lowest BCUT2D eigenvalue weighted by Gasteiger charge is -2.36. The number of rotatable bonds is 3. The van der Waals surface area contributed by atoms with Gasteiger partial charge in [-0.1, -0.05) is 35.9 Å². The fourth-order valence-corrected chi connectivity index (χ4v) is 3.43. The number of piperazine rings is 1. The Labute approximate surface area is 157 Å². The minimum Gasteiger partial charge on any atom is -0.368 e. The number of anilines is 1. The van der Waals surface area contributed by atoms with Crippen LogP contribution >= 0.6 is 11.6 Å². The summed E-state index contributed by atoms with van der Waals surface area (Å²) < 4.78 is 1.70. The second-order valence-electron chi connectivity index (χ2n) is 6.22. The van der Waals surface area contributed by atoms with Gasteiger partial charge in [0.25, 0.3) is 5.91 Å². The number of para-hydroxylation sites is 1. The van der Waals surface area contributed by atoms with Crippen LogP contribution < -0.4 is 4.90 Å². The molecule has 0 atom stereocenters. The fourth-order valence-electron chi connectivity index (χ4n) is 3.24. The zero-order valence-electron chi connectivity index (χ0n) is 14.3. The molecule has 0 N–H and O–H groups in total. The lowest BCUT2D eigenvalue weighted by molar-refractivity contribution is 0.0737. The van der Waals surface area contributed by atoms with Crippen LogP contribution in [0.5, 0.6) is 0 Å². The molecular weight excluding hydrogens is 348 g/mol. The number of halogens is 1. The summed E-state index contributed by atoms with van der Waals surface area (Å²) in [6.45, 7) is 2.91.